The SMILES string of the molecule is Cc1cc(Cl)c(C(C)C)cc1OCCCCCCl. The van der Waals surface area contributed by atoms with Crippen molar-refractivity contribution < 1.29 is 4.74 Å². The molecule has 0 amide bonds. The zero-order chi connectivity index (χ0) is 13.5. The first kappa shape index (κ1) is 15.7. The lowest BCUT2D eigenvalue weighted by atomic mass is 10.0. The predicted molar refractivity (Wildman–Crippen MR) is 80.3 cm³/mol. The molecule has 0 unspecified atom stereocenters. The van der Waals surface area contributed by atoms with Gasteiger partial charge in [-0.25, -0.2) is 0 Å². The minimum absolute atomic E-state index is 0.414. The van der Waals surface area contributed by atoms with Gasteiger partial charge >= 0.3 is 0 Å². The number of rotatable bonds is 7. The van der Waals surface area contributed by atoms with Gasteiger partial charge in [-0.2, -0.15) is 0 Å². The van der Waals surface area contributed by atoms with E-state index in [4.69, 9.17) is 27.9 Å². The first-order valence-corrected chi connectivity index (χ1v) is 7.46. The van der Waals surface area contributed by atoms with E-state index in [1.54, 1.807) is 0 Å². The lowest BCUT2D eigenvalue weighted by Crippen LogP contribution is -2.01. The number of ether oxygens (including phenoxy) is 1. The van der Waals surface area contributed by atoms with Crippen LogP contribution in [0.25, 0.3) is 0 Å². The molecule has 0 N–H and O–H groups in total. The quantitative estimate of drug-likeness (QED) is 0.471. The third-order valence-corrected chi connectivity index (χ3v) is 3.55. The zero-order valence-corrected chi connectivity index (χ0v) is 12.9. The van der Waals surface area contributed by atoms with Crippen molar-refractivity contribution in [2.24, 2.45) is 0 Å². The molecule has 1 aromatic rings. The normalized spacial score (nSPS) is 11.0. The van der Waals surface area contributed by atoms with Gasteiger partial charge in [-0.05, 0) is 55.4 Å². The molecule has 0 saturated carbocycles. The number of alkyl halides is 1. The first-order chi connectivity index (χ1) is 8.56. The number of aryl methyl sites for hydroxylation is 1. The average Bonchev–Trinajstić information content (AvgIpc) is 2.30. The van der Waals surface area contributed by atoms with Gasteiger partial charge in [-0.1, -0.05) is 25.4 Å². The molecule has 0 saturated heterocycles. The summed E-state index contributed by atoms with van der Waals surface area (Å²) in [5.74, 6) is 2.10. The maximum atomic E-state index is 6.23. The van der Waals surface area contributed by atoms with Crippen LogP contribution in [0.3, 0.4) is 0 Å². The fourth-order valence-corrected chi connectivity index (χ4v) is 2.45. The Morgan fingerprint density at radius 3 is 2.50 bits per heavy atom. The number of hydrogen-bond acceptors (Lipinski definition) is 1. The molecule has 0 radical (unpaired) electrons. The average molecular weight is 289 g/mol. The van der Waals surface area contributed by atoms with Crippen LogP contribution in [0.2, 0.25) is 5.02 Å². The Labute approximate surface area is 120 Å². The molecule has 0 atom stereocenters. The highest BCUT2D eigenvalue weighted by Gasteiger charge is 2.09. The molecule has 0 bridgehead atoms. The summed E-state index contributed by atoms with van der Waals surface area (Å²) in [6.45, 7) is 7.06. The van der Waals surface area contributed by atoms with Gasteiger partial charge in [-0.15, -0.1) is 11.6 Å². The van der Waals surface area contributed by atoms with Crippen LogP contribution in [0.1, 0.15) is 50.2 Å². The van der Waals surface area contributed by atoms with E-state index >= 15 is 0 Å². The van der Waals surface area contributed by atoms with Crippen LogP contribution in [0, 0.1) is 6.92 Å². The lowest BCUT2D eigenvalue weighted by molar-refractivity contribution is 0.304. The molecule has 0 aliphatic carbocycles. The minimum Gasteiger partial charge on any atom is -0.493 e. The van der Waals surface area contributed by atoms with Gasteiger partial charge in [0.2, 0.25) is 0 Å². The van der Waals surface area contributed by atoms with E-state index in [9.17, 15) is 0 Å². The van der Waals surface area contributed by atoms with Gasteiger partial charge in [-0.3, -0.25) is 0 Å². The summed E-state index contributed by atoms with van der Waals surface area (Å²) in [5, 5.41) is 0.831. The van der Waals surface area contributed by atoms with Gasteiger partial charge in [0, 0.05) is 10.9 Å². The van der Waals surface area contributed by atoms with Crippen LogP contribution in [0.15, 0.2) is 12.1 Å². The predicted octanol–water partition coefficient (Wildman–Crippen LogP) is 5.56. The van der Waals surface area contributed by atoms with E-state index in [0.29, 0.717) is 5.92 Å². The Morgan fingerprint density at radius 2 is 1.89 bits per heavy atom. The van der Waals surface area contributed by atoms with E-state index in [-0.39, 0.29) is 0 Å². The zero-order valence-electron chi connectivity index (χ0n) is 11.4. The second-order valence-corrected chi connectivity index (χ2v) is 5.68. The second kappa shape index (κ2) is 7.91. The molecule has 0 spiro atoms. The third kappa shape index (κ3) is 4.70. The Bertz CT molecular complexity index is 375. The highest BCUT2D eigenvalue weighted by molar-refractivity contribution is 6.31. The van der Waals surface area contributed by atoms with Gasteiger partial charge in [0.05, 0.1) is 6.61 Å². The Hall–Kier alpha value is -0.400. The highest BCUT2D eigenvalue weighted by atomic mass is 35.5. The molecule has 1 aromatic carbocycles. The Kier molecular flexibility index (Phi) is 6.88. The van der Waals surface area contributed by atoms with Crippen LogP contribution in [0.5, 0.6) is 5.75 Å². The summed E-state index contributed by atoms with van der Waals surface area (Å²) in [4.78, 5) is 0. The summed E-state index contributed by atoms with van der Waals surface area (Å²) in [6.07, 6.45) is 3.22. The number of benzene rings is 1. The van der Waals surface area contributed by atoms with Gasteiger partial charge in [0.1, 0.15) is 5.75 Å². The number of halogens is 2. The van der Waals surface area contributed by atoms with E-state index in [1.807, 2.05) is 13.0 Å². The van der Waals surface area contributed by atoms with Crippen LogP contribution in [-0.4, -0.2) is 12.5 Å². The van der Waals surface area contributed by atoms with Crippen molar-refractivity contribution in [2.75, 3.05) is 12.5 Å². The smallest absolute Gasteiger partial charge is 0.122 e. The van der Waals surface area contributed by atoms with Crippen molar-refractivity contribution in [1.29, 1.82) is 0 Å². The molecule has 0 heterocycles. The summed E-state index contributed by atoms with van der Waals surface area (Å²) < 4.78 is 5.83. The minimum atomic E-state index is 0.414. The van der Waals surface area contributed by atoms with Crippen molar-refractivity contribution >= 4 is 23.2 Å². The highest BCUT2D eigenvalue weighted by Crippen LogP contribution is 2.31. The molecule has 0 aliphatic rings. The molecule has 3 heteroatoms. The maximum Gasteiger partial charge on any atom is 0.122 e. The van der Waals surface area contributed by atoms with E-state index < -0.39 is 0 Å². The van der Waals surface area contributed by atoms with Gasteiger partial charge in [0.15, 0.2) is 0 Å². The van der Waals surface area contributed by atoms with Crippen molar-refractivity contribution in [3.05, 3.63) is 28.3 Å². The molecule has 0 aromatic heterocycles. The maximum absolute atomic E-state index is 6.23. The summed E-state index contributed by atoms with van der Waals surface area (Å²) in [5.41, 5.74) is 2.25. The van der Waals surface area contributed by atoms with Crippen molar-refractivity contribution in [3.63, 3.8) is 0 Å². The molecule has 0 aliphatic heterocycles. The molecule has 1 rings (SSSR count). The third-order valence-electron chi connectivity index (χ3n) is 2.95. The van der Waals surface area contributed by atoms with Gasteiger partial charge < -0.3 is 4.74 Å². The van der Waals surface area contributed by atoms with Crippen LogP contribution in [-0.2, 0) is 0 Å². The monoisotopic (exact) mass is 288 g/mol. The summed E-state index contributed by atoms with van der Waals surface area (Å²) >= 11 is 11.9. The van der Waals surface area contributed by atoms with Crippen molar-refractivity contribution in [1.82, 2.24) is 0 Å². The lowest BCUT2D eigenvalue weighted by Gasteiger charge is -2.14. The molecular weight excluding hydrogens is 267 g/mol. The van der Waals surface area contributed by atoms with Crippen molar-refractivity contribution in [3.8, 4) is 5.75 Å². The van der Waals surface area contributed by atoms with Crippen LogP contribution >= 0.6 is 23.2 Å². The van der Waals surface area contributed by atoms with Gasteiger partial charge in [0.25, 0.3) is 0 Å². The number of unbranched alkanes of at least 4 members (excludes halogenated alkanes) is 2. The van der Waals surface area contributed by atoms with E-state index in [2.05, 4.69) is 19.9 Å². The fourth-order valence-electron chi connectivity index (χ4n) is 1.82. The largest absolute Gasteiger partial charge is 0.493 e. The molecule has 0 fully saturated rings. The topological polar surface area (TPSA) is 9.23 Å². The Morgan fingerprint density at radius 1 is 1.17 bits per heavy atom. The fraction of sp³-hybridized carbons (Fsp3) is 0.600. The first-order valence-electron chi connectivity index (χ1n) is 6.55. The van der Waals surface area contributed by atoms with Crippen molar-refractivity contribution in [2.45, 2.75) is 46.0 Å². The van der Waals surface area contributed by atoms with E-state index in [0.717, 1.165) is 53.6 Å². The number of hydrogen-bond donors (Lipinski definition) is 0. The Balaban J connectivity index is 2.62. The summed E-state index contributed by atoms with van der Waals surface area (Å²) in [7, 11) is 0. The van der Waals surface area contributed by atoms with E-state index in [1.165, 1.54) is 0 Å². The molecule has 102 valence electrons. The second-order valence-electron chi connectivity index (χ2n) is 4.89. The standard InChI is InChI=1S/C15H22Cl2O/c1-11(2)13-10-15(12(3)9-14(13)17)18-8-6-4-5-7-16/h9-11H,4-8H2,1-3H3. The van der Waals surface area contributed by atoms with Crippen LogP contribution in [0.4, 0.5) is 0 Å². The van der Waals surface area contributed by atoms with Crippen LogP contribution < -0.4 is 4.74 Å². The molecule has 1 nitrogen and oxygen atoms in total. The molecular formula is C15H22Cl2O. The molecule has 18 heavy (non-hydrogen) atoms. The summed E-state index contributed by atoms with van der Waals surface area (Å²) in [6, 6.07) is 4.06.